The van der Waals surface area contributed by atoms with E-state index >= 15 is 0 Å². The lowest BCUT2D eigenvalue weighted by Gasteiger charge is -2.31. The first-order valence-electron chi connectivity index (χ1n) is 6.34. The number of ether oxygens (including phenoxy) is 2. The molecule has 88 valence electrons. The van der Waals surface area contributed by atoms with Crippen molar-refractivity contribution < 1.29 is 9.47 Å². The average Bonchev–Trinajstić information content (AvgIpc) is 2.28. The first-order valence-corrected chi connectivity index (χ1v) is 6.34. The predicted molar refractivity (Wildman–Crippen MR) is 59.8 cm³/mol. The zero-order valence-corrected chi connectivity index (χ0v) is 9.78. The minimum atomic E-state index is 0.0516. The molecule has 0 aliphatic carbocycles. The van der Waals surface area contributed by atoms with Crippen molar-refractivity contribution in [2.75, 3.05) is 26.2 Å². The maximum absolute atomic E-state index is 5.73. The molecule has 15 heavy (non-hydrogen) atoms. The number of hydrogen-bond donors (Lipinski definition) is 0. The molecule has 2 aliphatic heterocycles. The molecule has 0 aromatic carbocycles. The van der Waals surface area contributed by atoms with Gasteiger partial charge in [-0.2, -0.15) is 0 Å². The van der Waals surface area contributed by atoms with Gasteiger partial charge in [-0.3, -0.25) is 0 Å². The van der Waals surface area contributed by atoms with E-state index < -0.39 is 0 Å². The Kier molecular flexibility index (Phi) is 4.42. The lowest BCUT2D eigenvalue weighted by Crippen LogP contribution is -2.36. The molecule has 0 radical (unpaired) electrons. The Labute approximate surface area is 92.7 Å². The summed E-state index contributed by atoms with van der Waals surface area (Å²) in [7, 11) is 0. The van der Waals surface area contributed by atoms with Crippen molar-refractivity contribution in [3.8, 4) is 0 Å². The molecule has 2 aliphatic rings. The van der Waals surface area contributed by atoms with Gasteiger partial charge in [0.15, 0.2) is 6.29 Å². The zero-order chi connectivity index (χ0) is 10.5. The Morgan fingerprint density at radius 2 is 2.00 bits per heavy atom. The van der Waals surface area contributed by atoms with Crippen LogP contribution in [0.1, 0.15) is 39.0 Å². The van der Waals surface area contributed by atoms with Crippen molar-refractivity contribution >= 4 is 0 Å². The number of nitrogens with zero attached hydrogens (tertiary/aromatic N) is 1. The maximum Gasteiger partial charge on any atom is 0.159 e. The van der Waals surface area contributed by atoms with Crippen molar-refractivity contribution in [2.45, 2.75) is 51.4 Å². The van der Waals surface area contributed by atoms with Crippen molar-refractivity contribution in [2.24, 2.45) is 0 Å². The highest BCUT2D eigenvalue weighted by Crippen LogP contribution is 2.16. The lowest BCUT2D eigenvalue weighted by atomic mass is 10.1. The molecular formula is C12H23NO2. The van der Waals surface area contributed by atoms with Gasteiger partial charge in [-0.15, -0.1) is 0 Å². The number of likely N-dealkylation sites (tertiary alicyclic amines) is 1. The lowest BCUT2D eigenvalue weighted by molar-refractivity contribution is -0.211. The molecule has 0 aromatic rings. The van der Waals surface area contributed by atoms with Gasteiger partial charge in [0.25, 0.3) is 0 Å². The summed E-state index contributed by atoms with van der Waals surface area (Å²) in [4.78, 5) is 2.54. The third-order valence-electron chi connectivity index (χ3n) is 3.34. The fraction of sp³-hybridized carbons (Fsp3) is 1.00. The van der Waals surface area contributed by atoms with E-state index in [2.05, 4.69) is 11.8 Å². The van der Waals surface area contributed by atoms with Crippen LogP contribution in [0.15, 0.2) is 0 Å². The van der Waals surface area contributed by atoms with E-state index in [-0.39, 0.29) is 6.29 Å². The topological polar surface area (TPSA) is 21.7 Å². The summed E-state index contributed by atoms with van der Waals surface area (Å²) in [6.07, 6.45) is 6.64. The summed E-state index contributed by atoms with van der Waals surface area (Å²) in [5, 5.41) is 0. The van der Waals surface area contributed by atoms with E-state index in [1.54, 1.807) is 0 Å². The van der Waals surface area contributed by atoms with Gasteiger partial charge < -0.3 is 14.4 Å². The molecule has 3 heteroatoms. The second kappa shape index (κ2) is 5.83. The van der Waals surface area contributed by atoms with E-state index in [0.717, 1.165) is 26.0 Å². The molecule has 2 atom stereocenters. The standard InChI is InChI=1S/C12H23NO2/c1-11-6-10-14-12(15-11)5-9-13-7-3-2-4-8-13/h11-12H,2-10H2,1H3/t11?,12-/m1/s1. The van der Waals surface area contributed by atoms with Crippen LogP contribution in [0.4, 0.5) is 0 Å². The molecule has 1 unspecified atom stereocenters. The van der Waals surface area contributed by atoms with Crippen LogP contribution < -0.4 is 0 Å². The van der Waals surface area contributed by atoms with Gasteiger partial charge >= 0.3 is 0 Å². The first kappa shape index (κ1) is 11.4. The van der Waals surface area contributed by atoms with Crippen LogP contribution in [-0.4, -0.2) is 43.5 Å². The van der Waals surface area contributed by atoms with Gasteiger partial charge in [-0.25, -0.2) is 0 Å². The second-order valence-electron chi connectivity index (χ2n) is 4.73. The van der Waals surface area contributed by atoms with Gasteiger partial charge in [0.1, 0.15) is 0 Å². The van der Waals surface area contributed by atoms with Gasteiger partial charge in [0.2, 0.25) is 0 Å². The fourth-order valence-corrected chi connectivity index (χ4v) is 2.35. The smallest absolute Gasteiger partial charge is 0.159 e. The third kappa shape index (κ3) is 3.74. The summed E-state index contributed by atoms with van der Waals surface area (Å²) in [6.45, 7) is 6.67. The summed E-state index contributed by atoms with van der Waals surface area (Å²) in [5.41, 5.74) is 0. The Balaban J connectivity index is 1.63. The molecule has 2 heterocycles. The molecule has 0 N–H and O–H groups in total. The Morgan fingerprint density at radius 1 is 1.20 bits per heavy atom. The van der Waals surface area contributed by atoms with Crippen molar-refractivity contribution in [1.29, 1.82) is 0 Å². The van der Waals surface area contributed by atoms with Crippen LogP contribution in [0.3, 0.4) is 0 Å². The minimum Gasteiger partial charge on any atom is -0.353 e. The molecule has 0 aromatic heterocycles. The zero-order valence-electron chi connectivity index (χ0n) is 9.78. The highest BCUT2D eigenvalue weighted by Gasteiger charge is 2.20. The Hall–Kier alpha value is -0.120. The third-order valence-corrected chi connectivity index (χ3v) is 3.34. The second-order valence-corrected chi connectivity index (χ2v) is 4.73. The van der Waals surface area contributed by atoms with Crippen molar-refractivity contribution in [3.05, 3.63) is 0 Å². The summed E-state index contributed by atoms with van der Waals surface area (Å²) >= 11 is 0. The molecule has 0 bridgehead atoms. The average molecular weight is 213 g/mol. The normalized spacial score (nSPS) is 34.2. The highest BCUT2D eigenvalue weighted by molar-refractivity contribution is 4.66. The van der Waals surface area contributed by atoms with Crippen LogP contribution in [-0.2, 0) is 9.47 Å². The molecule has 3 nitrogen and oxygen atoms in total. The molecular weight excluding hydrogens is 190 g/mol. The van der Waals surface area contributed by atoms with E-state index in [1.807, 2.05) is 0 Å². The van der Waals surface area contributed by atoms with Gasteiger partial charge in [0.05, 0.1) is 12.7 Å². The highest BCUT2D eigenvalue weighted by atomic mass is 16.7. The minimum absolute atomic E-state index is 0.0516. The first-order chi connectivity index (χ1) is 7.34. The van der Waals surface area contributed by atoms with Gasteiger partial charge in [-0.05, 0) is 39.3 Å². The van der Waals surface area contributed by atoms with Crippen LogP contribution in [0, 0.1) is 0 Å². The van der Waals surface area contributed by atoms with Gasteiger partial charge in [0, 0.05) is 13.0 Å². The SMILES string of the molecule is CC1CCO[C@@H](CCN2CCCCC2)O1. The summed E-state index contributed by atoms with van der Waals surface area (Å²) in [5.74, 6) is 0. The molecule has 0 amide bonds. The fourth-order valence-electron chi connectivity index (χ4n) is 2.35. The monoisotopic (exact) mass is 213 g/mol. The Morgan fingerprint density at radius 3 is 2.73 bits per heavy atom. The molecule has 2 fully saturated rings. The van der Waals surface area contributed by atoms with Crippen LogP contribution in [0.25, 0.3) is 0 Å². The Bertz CT molecular complexity index is 180. The van der Waals surface area contributed by atoms with E-state index in [4.69, 9.17) is 9.47 Å². The van der Waals surface area contributed by atoms with Crippen LogP contribution in [0.2, 0.25) is 0 Å². The quantitative estimate of drug-likeness (QED) is 0.716. The van der Waals surface area contributed by atoms with Crippen molar-refractivity contribution in [3.63, 3.8) is 0 Å². The van der Waals surface area contributed by atoms with Crippen LogP contribution in [0.5, 0.6) is 0 Å². The van der Waals surface area contributed by atoms with Crippen LogP contribution >= 0.6 is 0 Å². The molecule has 2 saturated heterocycles. The molecule has 2 rings (SSSR count). The predicted octanol–water partition coefficient (Wildman–Crippen LogP) is 2.01. The number of hydrogen-bond acceptors (Lipinski definition) is 3. The van der Waals surface area contributed by atoms with Gasteiger partial charge in [-0.1, -0.05) is 6.42 Å². The molecule has 0 spiro atoms. The summed E-state index contributed by atoms with van der Waals surface area (Å²) in [6, 6.07) is 0. The number of piperidine rings is 1. The maximum atomic E-state index is 5.73. The van der Waals surface area contributed by atoms with E-state index in [9.17, 15) is 0 Å². The molecule has 0 saturated carbocycles. The largest absolute Gasteiger partial charge is 0.353 e. The summed E-state index contributed by atoms with van der Waals surface area (Å²) < 4.78 is 11.3. The van der Waals surface area contributed by atoms with E-state index in [1.165, 1.54) is 32.4 Å². The number of rotatable bonds is 3. The van der Waals surface area contributed by atoms with Crippen molar-refractivity contribution in [1.82, 2.24) is 4.90 Å². The van der Waals surface area contributed by atoms with E-state index in [0.29, 0.717) is 6.10 Å².